The Hall–Kier alpha value is -1.61. The fraction of sp³-hybridized carbons (Fsp3) is 0.278. The van der Waals surface area contributed by atoms with E-state index in [0.29, 0.717) is 5.92 Å². The van der Waals surface area contributed by atoms with Gasteiger partial charge in [-0.1, -0.05) is 65.3 Å². The summed E-state index contributed by atoms with van der Waals surface area (Å²) in [4.78, 5) is 10.9. The third-order valence-corrected chi connectivity index (χ3v) is 4.31. The van der Waals surface area contributed by atoms with Crippen LogP contribution in [0.2, 0.25) is 0 Å². The summed E-state index contributed by atoms with van der Waals surface area (Å²) in [6.45, 7) is 4.47. The number of benzene rings is 2. The van der Waals surface area contributed by atoms with Crippen LogP contribution in [-0.4, -0.2) is 12.5 Å². The van der Waals surface area contributed by atoms with E-state index in [-0.39, 0.29) is 5.91 Å². The van der Waals surface area contributed by atoms with Crippen LogP contribution < -0.4 is 5.32 Å². The fourth-order valence-electron chi connectivity index (χ4n) is 2.32. The average Bonchev–Trinajstić information content (AvgIpc) is 2.47. The first-order chi connectivity index (χ1) is 10.1. The van der Waals surface area contributed by atoms with Crippen LogP contribution in [0.5, 0.6) is 0 Å². The molecule has 3 heteroatoms. The molecule has 2 nitrogen and oxygen atoms in total. The Morgan fingerprint density at radius 3 is 2.43 bits per heavy atom. The molecule has 110 valence electrons. The number of carbonyl (C=O) groups excluding carboxylic acids is 1. The van der Waals surface area contributed by atoms with E-state index in [0.717, 1.165) is 17.4 Å². The van der Waals surface area contributed by atoms with Crippen molar-refractivity contribution >= 4 is 21.8 Å². The maximum absolute atomic E-state index is 10.9. The smallest absolute Gasteiger partial charge is 0.216 e. The van der Waals surface area contributed by atoms with Crippen molar-refractivity contribution in [1.82, 2.24) is 5.32 Å². The standard InChI is InChI=1S/C18H20BrNO/c1-13(11-12-20-14(2)21)15-7-9-16(10-8-15)17-5-3-4-6-18(17)19/h3-10,13H,11-12H2,1-2H3,(H,20,21). The first kappa shape index (κ1) is 15.8. The van der Waals surface area contributed by atoms with E-state index in [1.54, 1.807) is 6.92 Å². The highest BCUT2D eigenvalue weighted by Crippen LogP contribution is 2.29. The van der Waals surface area contributed by atoms with Crippen molar-refractivity contribution in [2.75, 3.05) is 6.54 Å². The second-order valence-electron chi connectivity index (χ2n) is 5.27. The molecule has 1 atom stereocenters. The van der Waals surface area contributed by atoms with Crippen LogP contribution >= 0.6 is 15.9 Å². The van der Waals surface area contributed by atoms with Gasteiger partial charge >= 0.3 is 0 Å². The molecule has 0 saturated carbocycles. The van der Waals surface area contributed by atoms with E-state index in [4.69, 9.17) is 0 Å². The summed E-state index contributed by atoms with van der Waals surface area (Å²) in [5, 5.41) is 2.85. The summed E-state index contributed by atoms with van der Waals surface area (Å²) in [5.74, 6) is 0.469. The first-order valence-electron chi connectivity index (χ1n) is 7.17. The summed E-state index contributed by atoms with van der Waals surface area (Å²) < 4.78 is 1.11. The summed E-state index contributed by atoms with van der Waals surface area (Å²) in [6, 6.07) is 16.9. The Labute approximate surface area is 134 Å². The highest BCUT2D eigenvalue weighted by molar-refractivity contribution is 9.10. The SMILES string of the molecule is CC(=O)NCCC(C)c1ccc(-c2ccccc2Br)cc1. The quantitative estimate of drug-likeness (QED) is 0.832. The van der Waals surface area contributed by atoms with Gasteiger partial charge in [-0.25, -0.2) is 0 Å². The molecule has 21 heavy (non-hydrogen) atoms. The molecule has 2 aromatic rings. The van der Waals surface area contributed by atoms with Crippen molar-refractivity contribution < 1.29 is 4.79 Å². The Bertz CT molecular complexity index is 607. The zero-order valence-electron chi connectivity index (χ0n) is 12.4. The Morgan fingerprint density at radius 1 is 1.14 bits per heavy atom. The molecule has 1 amide bonds. The number of hydrogen-bond acceptors (Lipinski definition) is 1. The minimum atomic E-state index is 0.0338. The van der Waals surface area contributed by atoms with Crippen molar-refractivity contribution in [2.24, 2.45) is 0 Å². The van der Waals surface area contributed by atoms with E-state index in [9.17, 15) is 4.79 Å². The lowest BCUT2D eigenvalue weighted by Crippen LogP contribution is -2.22. The molecule has 0 bridgehead atoms. The Balaban J connectivity index is 2.05. The van der Waals surface area contributed by atoms with Crippen LogP contribution in [0, 0.1) is 0 Å². The molecule has 1 unspecified atom stereocenters. The molecule has 0 aliphatic heterocycles. The predicted octanol–water partition coefficient (Wildman–Crippen LogP) is 4.75. The van der Waals surface area contributed by atoms with Gasteiger partial charge in [0.25, 0.3) is 0 Å². The van der Waals surface area contributed by atoms with Gasteiger partial charge in [0.15, 0.2) is 0 Å². The van der Waals surface area contributed by atoms with Crippen molar-refractivity contribution in [3.63, 3.8) is 0 Å². The normalized spacial score (nSPS) is 12.0. The third-order valence-electron chi connectivity index (χ3n) is 3.62. The summed E-state index contributed by atoms with van der Waals surface area (Å²) >= 11 is 3.59. The highest BCUT2D eigenvalue weighted by Gasteiger charge is 2.07. The maximum atomic E-state index is 10.9. The number of hydrogen-bond donors (Lipinski definition) is 1. The lowest BCUT2D eigenvalue weighted by atomic mass is 9.95. The van der Waals surface area contributed by atoms with Gasteiger partial charge in [0, 0.05) is 17.9 Å². The van der Waals surface area contributed by atoms with Crippen LogP contribution in [0.1, 0.15) is 31.7 Å². The number of nitrogens with one attached hydrogen (secondary N) is 1. The molecule has 0 aliphatic rings. The summed E-state index contributed by atoms with van der Waals surface area (Å²) in [6.07, 6.45) is 0.952. The van der Waals surface area contributed by atoms with E-state index >= 15 is 0 Å². The highest BCUT2D eigenvalue weighted by atomic mass is 79.9. The van der Waals surface area contributed by atoms with Crippen LogP contribution in [0.3, 0.4) is 0 Å². The van der Waals surface area contributed by atoms with Gasteiger partial charge in [0.1, 0.15) is 0 Å². The van der Waals surface area contributed by atoms with E-state index in [1.165, 1.54) is 16.7 Å². The largest absolute Gasteiger partial charge is 0.356 e. The zero-order chi connectivity index (χ0) is 15.2. The van der Waals surface area contributed by atoms with Gasteiger partial charge in [0.2, 0.25) is 5.91 Å². The molecular weight excluding hydrogens is 326 g/mol. The van der Waals surface area contributed by atoms with Crippen LogP contribution in [0.25, 0.3) is 11.1 Å². The van der Waals surface area contributed by atoms with E-state index < -0.39 is 0 Å². The van der Waals surface area contributed by atoms with Gasteiger partial charge in [-0.15, -0.1) is 0 Å². The minimum Gasteiger partial charge on any atom is -0.356 e. The maximum Gasteiger partial charge on any atom is 0.216 e. The number of carbonyl (C=O) groups is 1. The summed E-state index contributed by atoms with van der Waals surface area (Å²) in [7, 11) is 0. The lowest BCUT2D eigenvalue weighted by molar-refractivity contribution is -0.118. The number of halogens is 1. The van der Waals surface area contributed by atoms with Crippen molar-refractivity contribution in [1.29, 1.82) is 0 Å². The van der Waals surface area contributed by atoms with Crippen molar-refractivity contribution in [3.8, 4) is 11.1 Å². The molecule has 0 aromatic heterocycles. The second-order valence-corrected chi connectivity index (χ2v) is 6.13. The molecule has 0 aliphatic carbocycles. The molecule has 0 heterocycles. The van der Waals surface area contributed by atoms with Gasteiger partial charge in [-0.05, 0) is 35.1 Å². The number of amides is 1. The molecule has 0 fully saturated rings. The van der Waals surface area contributed by atoms with Crippen LogP contribution in [-0.2, 0) is 4.79 Å². The topological polar surface area (TPSA) is 29.1 Å². The molecule has 2 aromatic carbocycles. The summed E-state index contributed by atoms with van der Waals surface area (Å²) in [5.41, 5.74) is 3.71. The van der Waals surface area contributed by atoms with E-state index in [1.807, 2.05) is 12.1 Å². The fourth-order valence-corrected chi connectivity index (χ4v) is 2.83. The lowest BCUT2D eigenvalue weighted by Gasteiger charge is -2.13. The Morgan fingerprint density at radius 2 is 1.81 bits per heavy atom. The van der Waals surface area contributed by atoms with Crippen LogP contribution in [0.15, 0.2) is 53.0 Å². The van der Waals surface area contributed by atoms with Gasteiger partial charge in [-0.3, -0.25) is 4.79 Å². The average molecular weight is 346 g/mol. The first-order valence-corrected chi connectivity index (χ1v) is 7.96. The minimum absolute atomic E-state index is 0.0338. The molecular formula is C18H20BrNO. The van der Waals surface area contributed by atoms with E-state index in [2.05, 4.69) is 64.6 Å². The van der Waals surface area contributed by atoms with Crippen LogP contribution in [0.4, 0.5) is 0 Å². The third kappa shape index (κ3) is 4.43. The molecule has 0 radical (unpaired) electrons. The molecule has 0 saturated heterocycles. The van der Waals surface area contributed by atoms with Crippen molar-refractivity contribution in [2.45, 2.75) is 26.2 Å². The Kier molecular flexibility index (Phi) is 5.57. The number of rotatable bonds is 5. The molecule has 0 spiro atoms. The van der Waals surface area contributed by atoms with Gasteiger partial charge in [0.05, 0.1) is 0 Å². The van der Waals surface area contributed by atoms with Crippen molar-refractivity contribution in [3.05, 3.63) is 58.6 Å². The monoisotopic (exact) mass is 345 g/mol. The molecule has 2 rings (SSSR count). The molecule has 1 N–H and O–H groups in total. The zero-order valence-corrected chi connectivity index (χ0v) is 14.0. The van der Waals surface area contributed by atoms with Gasteiger partial charge in [-0.2, -0.15) is 0 Å². The van der Waals surface area contributed by atoms with Gasteiger partial charge < -0.3 is 5.32 Å². The predicted molar refractivity (Wildman–Crippen MR) is 91.3 cm³/mol. The second kappa shape index (κ2) is 7.41.